The number of aryl methyl sites for hydroxylation is 2. The summed E-state index contributed by atoms with van der Waals surface area (Å²) in [5.41, 5.74) is 4.26. The largest absolute Gasteiger partial charge is 0.240 e. The van der Waals surface area contributed by atoms with Gasteiger partial charge in [-0.1, -0.05) is 6.07 Å². The number of halogens is 1. The van der Waals surface area contributed by atoms with Crippen LogP contribution in [0.4, 0.5) is 4.39 Å². The Hall–Kier alpha value is -2.16. The number of hydrogen-bond acceptors (Lipinski definition) is 1. The van der Waals surface area contributed by atoms with Crippen molar-refractivity contribution in [1.82, 2.24) is 9.61 Å². The zero-order valence-electron chi connectivity index (χ0n) is 10.3. The second-order valence-electron chi connectivity index (χ2n) is 4.59. The van der Waals surface area contributed by atoms with Crippen LogP contribution in [-0.4, -0.2) is 9.61 Å². The minimum Gasteiger partial charge on any atom is -0.240 e. The number of pyridine rings is 1. The van der Waals surface area contributed by atoms with Crippen molar-refractivity contribution >= 4 is 5.52 Å². The molecule has 0 aliphatic rings. The van der Waals surface area contributed by atoms with Gasteiger partial charge in [0, 0.05) is 11.8 Å². The summed E-state index contributed by atoms with van der Waals surface area (Å²) in [6.45, 7) is 3.90. The van der Waals surface area contributed by atoms with Crippen LogP contribution in [-0.2, 0) is 0 Å². The molecular weight excluding hydrogens is 227 g/mol. The lowest BCUT2D eigenvalue weighted by molar-refractivity contribution is 0.629. The molecule has 0 fully saturated rings. The first-order valence-corrected chi connectivity index (χ1v) is 5.86. The van der Waals surface area contributed by atoms with Gasteiger partial charge in [-0.25, -0.2) is 8.91 Å². The lowest BCUT2D eigenvalue weighted by Crippen LogP contribution is -1.89. The molecule has 2 heterocycles. The molecule has 0 aliphatic heterocycles. The van der Waals surface area contributed by atoms with Gasteiger partial charge in [0.1, 0.15) is 5.82 Å². The summed E-state index contributed by atoms with van der Waals surface area (Å²) < 4.78 is 15.7. The Kier molecular flexibility index (Phi) is 2.40. The third-order valence-electron chi connectivity index (χ3n) is 3.02. The highest BCUT2D eigenvalue weighted by Gasteiger charge is 2.09. The molecule has 0 spiro atoms. The summed E-state index contributed by atoms with van der Waals surface area (Å²) in [6, 6.07) is 11.1. The standard InChI is InChI=1S/C15H13FN2/c1-10-3-4-13(14(16)8-10)15-9-12-7-11(2)5-6-18(12)17-15/h3-9H,1-2H3. The third-order valence-corrected chi connectivity index (χ3v) is 3.02. The first-order chi connectivity index (χ1) is 8.63. The minimum atomic E-state index is -0.227. The smallest absolute Gasteiger partial charge is 0.132 e. The zero-order chi connectivity index (χ0) is 12.7. The van der Waals surface area contributed by atoms with E-state index in [2.05, 4.69) is 5.10 Å². The van der Waals surface area contributed by atoms with E-state index < -0.39 is 0 Å². The first kappa shape index (κ1) is 11.0. The van der Waals surface area contributed by atoms with E-state index in [1.165, 1.54) is 11.6 Å². The van der Waals surface area contributed by atoms with Gasteiger partial charge in [-0.2, -0.15) is 5.10 Å². The fraction of sp³-hybridized carbons (Fsp3) is 0.133. The van der Waals surface area contributed by atoms with Crippen LogP contribution in [0.2, 0.25) is 0 Å². The zero-order valence-corrected chi connectivity index (χ0v) is 10.3. The van der Waals surface area contributed by atoms with Gasteiger partial charge in [-0.05, 0) is 55.3 Å². The van der Waals surface area contributed by atoms with Crippen LogP contribution in [0.25, 0.3) is 16.8 Å². The second-order valence-corrected chi connectivity index (χ2v) is 4.59. The Morgan fingerprint density at radius 3 is 2.56 bits per heavy atom. The summed E-state index contributed by atoms with van der Waals surface area (Å²) in [7, 11) is 0. The Morgan fingerprint density at radius 2 is 1.78 bits per heavy atom. The Bertz CT molecular complexity index is 728. The fourth-order valence-electron chi connectivity index (χ4n) is 2.07. The highest BCUT2D eigenvalue weighted by atomic mass is 19.1. The van der Waals surface area contributed by atoms with Gasteiger partial charge in [0.05, 0.1) is 11.2 Å². The van der Waals surface area contributed by atoms with Gasteiger partial charge in [-0.15, -0.1) is 0 Å². The van der Waals surface area contributed by atoms with Crippen molar-refractivity contribution in [2.75, 3.05) is 0 Å². The Balaban J connectivity index is 2.19. The van der Waals surface area contributed by atoms with E-state index in [0.717, 1.165) is 11.1 Å². The number of fused-ring (bicyclic) bond motifs is 1. The van der Waals surface area contributed by atoms with Crippen molar-refractivity contribution in [3.05, 3.63) is 59.5 Å². The Morgan fingerprint density at radius 1 is 1.00 bits per heavy atom. The molecule has 0 amide bonds. The monoisotopic (exact) mass is 240 g/mol. The molecule has 2 nitrogen and oxygen atoms in total. The summed E-state index contributed by atoms with van der Waals surface area (Å²) in [6.07, 6.45) is 1.89. The summed E-state index contributed by atoms with van der Waals surface area (Å²) in [4.78, 5) is 0. The quantitative estimate of drug-likeness (QED) is 0.633. The fourth-order valence-corrected chi connectivity index (χ4v) is 2.07. The van der Waals surface area contributed by atoms with E-state index in [4.69, 9.17) is 0 Å². The van der Waals surface area contributed by atoms with Gasteiger partial charge in [-0.3, -0.25) is 0 Å². The maximum Gasteiger partial charge on any atom is 0.132 e. The van der Waals surface area contributed by atoms with Crippen LogP contribution in [0.15, 0.2) is 42.6 Å². The van der Waals surface area contributed by atoms with Crippen molar-refractivity contribution in [2.45, 2.75) is 13.8 Å². The summed E-state index contributed by atoms with van der Waals surface area (Å²) in [5, 5.41) is 4.39. The van der Waals surface area contributed by atoms with Crippen LogP contribution >= 0.6 is 0 Å². The predicted octanol–water partition coefficient (Wildman–Crippen LogP) is 3.76. The van der Waals surface area contributed by atoms with Crippen molar-refractivity contribution in [3.63, 3.8) is 0 Å². The molecule has 0 unspecified atom stereocenters. The van der Waals surface area contributed by atoms with Crippen LogP contribution in [0.5, 0.6) is 0 Å². The predicted molar refractivity (Wildman–Crippen MR) is 70.1 cm³/mol. The molecule has 0 saturated heterocycles. The van der Waals surface area contributed by atoms with Crippen molar-refractivity contribution in [2.24, 2.45) is 0 Å². The molecule has 3 heteroatoms. The number of hydrogen-bond donors (Lipinski definition) is 0. The van der Waals surface area contributed by atoms with Crippen LogP contribution < -0.4 is 0 Å². The molecule has 90 valence electrons. The molecule has 0 saturated carbocycles. The molecule has 2 aromatic heterocycles. The molecular formula is C15H13FN2. The van der Waals surface area contributed by atoms with Crippen molar-refractivity contribution in [1.29, 1.82) is 0 Å². The van der Waals surface area contributed by atoms with E-state index in [9.17, 15) is 4.39 Å². The normalized spacial score (nSPS) is 11.1. The number of rotatable bonds is 1. The van der Waals surface area contributed by atoms with E-state index in [1.54, 1.807) is 10.6 Å². The topological polar surface area (TPSA) is 17.3 Å². The molecule has 0 bridgehead atoms. The number of nitrogens with zero attached hydrogens (tertiary/aromatic N) is 2. The molecule has 0 radical (unpaired) electrons. The van der Waals surface area contributed by atoms with Gasteiger partial charge in [0.2, 0.25) is 0 Å². The van der Waals surface area contributed by atoms with E-state index >= 15 is 0 Å². The van der Waals surface area contributed by atoms with Crippen molar-refractivity contribution < 1.29 is 4.39 Å². The average Bonchev–Trinajstić information content (AvgIpc) is 2.71. The molecule has 3 aromatic rings. The van der Waals surface area contributed by atoms with Crippen molar-refractivity contribution in [3.8, 4) is 11.3 Å². The van der Waals surface area contributed by atoms with Gasteiger partial charge < -0.3 is 0 Å². The highest BCUT2D eigenvalue weighted by molar-refractivity contribution is 5.67. The lowest BCUT2D eigenvalue weighted by Gasteiger charge is -1.99. The molecule has 0 N–H and O–H groups in total. The second kappa shape index (κ2) is 3.95. The summed E-state index contributed by atoms with van der Waals surface area (Å²) >= 11 is 0. The van der Waals surface area contributed by atoms with Crippen LogP contribution in [0.3, 0.4) is 0 Å². The first-order valence-electron chi connectivity index (χ1n) is 5.86. The lowest BCUT2D eigenvalue weighted by atomic mass is 10.1. The number of benzene rings is 1. The van der Waals surface area contributed by atoms with Gasteiger partial charge in [0.15, 0.2) is 0 Å². The maximum atomic E-state index is 13.9. The van der Waals surface area contributed by atoms with Gasteiger partial charge >= 0.3 is 0 Å². The molecule has 3 rings (SSSR count). The SMILES string of the molecule is Cc1ccc(-c2cc3cc(C)ccn3n2)c(F)c1. The van der Waals surface area contributed by atoms with Crippen LogP contribution in [0, 0.1) is 19.7 Å². The third kappa shape index (κ3) is 1.78. The highest BCUT2D eigenvalue weighted by Crippen LogP contribution is 2.23. The average molecular weight is 240 g/mol. The minimum absolute atomic E-state index is 0.227. The van der Waals surface area contributed by atoms with Gasteiger partial charge in [0.25, 0.3) is 0 Å². The van der Waals surface area contributed by atoms with E-state index in [1.807, 2.05) is 44.3 Å². The molecule has 18 heavy (non-hydrogen) atoms. The summed E-state index contributed by atoms with van der Waals surface area (Å²) in [5.74, 6) is -0.227. The number of aromatic nitrogens is 2. The Labute approximate surface area is 105 Å². The van der Waals surface area contributed by atoms with E-state index in [0.29, 0.717) is 11.3 Å². The molecule has 1 aromatic carbocycles. The maximum absolute atomic E-state index is 13.9. The molecule has 0 atom stereocenters. The van der Waals surface area contributed by atoms with Crippen LogP contribution in [0.1, 0.15) is 11.1 Å². The van der Waals surface area contributed by atoms with E-state index in [-0.39, 0.29) is 5.82 Å². The molecule has 0 aliphatic carbocycles.